The van der Waals surface area contributed by atoms with Gasteiger partial charge < -0.3 is 10.1 Å². The number of ether oxygens (including phenoxy) is 1. The van der Waals surface area contributed by atoms with Gasteiger partial charge in [0.25, 0.3) is 0 Å². The van der Waals surface area contributed by atoms with E-state index in [0.29, 0.717) is 19.6 Å². The number of fused-ring (bicyclic) bond motifs is 1. The molecule has 1 aliphatic heterocycles. The number of carbonyl (C=O) groups is 1. The quantitative estimate of drug-likeness (QED) is 0.898. The third-order valence-corrected chi connectivity index (χ3v) is 3.62. The van der Waals surface area contributed by atoms with Crippen molar-refractivity contribution < 1.29 is 13.9 Å². The van der Waals surface area contributed by atoms with Crippen LogP contribution in [0.15, 0.2) is 18.2 Å². The van der Waals surface area contributed by atoms with Crippen LogP contribution in [0.3, 0.4) is 0 Å². The molecule has 0 radical (unpaired) electrons. The molecule has 0 aliphatic carbocycles. The highest BCUT2D eigenvalue weighted by atomic mass is 19.1. The van der Waals surface area contributed by atoms with Gasteiger partial charge in [-0.3, -0.25) is 9.69 Å². The Morgan fingerprint density at radius 2 is 2.20 bits per heavy atom. The second-order valence-corrected chi connectivity index (χ2v) is 4.88. The molecule has 1 aromatic rings. The fourth-order valence-corrected chi connectivity index (χ4v) is 2.43. The average molecular weight is 280 g/mol. The van der Waals surface area contributed by atoms with E-state index in [-0.39, 0.29) is 23.5 Å². The molecule has 20 heavy (non-hydrogen) atoms. The van der Waals surface area contributed by atoms with Crippen molar-refractivity contribution in [2.24, 2.45) is 0 Å². The maximum Gasteiger partial charge on any atom is 0.234 e. The van der Waals surface area contributed by atoms with Crippen LogP contribution in [0, 0.1) is 5.82 Å². The predicted molar refractivity (Wildman–Crippen MR) is 75.2 cm³/mol. The van der Waals surface area contributed by atoms with Gasteiger partial charge in [0.2, 0.25) is 5.91 Å². The van der Waals surface area contributed by atoms with Crippen LogP contribution in [0.4, 0.5) is 4.39 Å². The van der Waals surface area contributed by atoms with E-state index in [9.17, 15) is 9.18 Å². The molecule has 1 atom stereocenters. The van der Waals surface area contributed by atoms with Gasteiger partial charge in [0.15, 0.2) is 11.6 Å². The molecule has 4 nitrogen and oxygen atoms in total. The van der Waals surface area contributed by atoms with Crippen LogP contribution >= 0.6 is 0 Å². The van der Waals surface area contributed by atoms with Gasteiger partial charge in [-0.2, -0.15) is 0 Å². The Kier molecular flexibility index (Phi) is 4.95. The molecule has 5 heteroatoms. The highest BCUT2D eigenvalue weighted by Gasteiger charge is 2.25. The van der Waals surface area contributed by atoms with Crippen LogP contribution in [0.2, 0.25) is 0 Å². The molecule has 1 amide bonds. The van der Waals surface area contributed by atoms with Crippen molar-refractivity contribution in [1.29, 1.82) is 0 Å². The number of nitrogens with zero attached hydrogens (tertiary/aromatic N) is 1. The number of rotatable bonds is 5. The summed E-state index contributed by atoms with van der Waals surface area (Å²) in [5, 5.41) is 2.97. The lowest BCUT2D eigenvalue weighted by Crippen LogP contribution is -2.40. The van der Waals surface area contributed by atoms with Crippen LogP contribution in [0.25, 0.3) is 0 Å². The van der Waals surface area contributed by atoms with E-state index in [4.69, 9.17) is 4.74 Å². The molecule has 2 rings (SSSR count). The van der Waals surface area contributed by atoms with Crippen LogP contribution in [0.1, 0.15) is 31.9 Å². The fourth-order valence-electron chi connectivity index (χ4n) is 2.43. The lowest BCUT2D eigenvalue weighted by molar-refractivity contribution is -0.123. The van der Waals surface area contributed by atoms with Gasteiger partial charge in [-0.15, -0.1) is 0 Å². The molecule has 1 aliphatic rings. The summed E-state index contributed by atoms with van der Waals surface area (Å²) in [6.07, 6.45) is 0.667. The summed E-state index contributed by atoms with van der Waals surface area (Å²) in [5.41, 5.74) is 0.726. The molecular weight excluding hydrogens is 259 g/mol. The summed E-state index contributed by atoms with van der Waals surface area (Å²) in [7, 11) is 0. The zero-order valence-electron chi connectivity index (χ0n) is 12.0. The smallest absolute Gasteiger partial charge is 0.234 e. The Morgan fingerprint density at radius 1 is 1.45 bits per heavy atom. The molecule has 0 saturated heterocycles. The van der Waals surface area contributed by atoms with Gasteiger partial charge in [0.05, 0.1) is 19.2 Å². The molecule has 0 bridgehead atoms. The number of amides is 1. The van der Waals surface area contributed by atoms with E-state index >= 15 is 0 Å². The summed E-state index contributed by atoms with van der Waals surface area (Å²) in [4.78, 5) is 14.1. The summed E-state index contributed by atoms with van der Waals surface area (Å²) < 4.78 is 19.0. The summed E-state index contributed by atoms with van der Waals surface area (Å²) in [6.45, 7) is 6.51. The molecule has 1 N–H and O–H groups in total. The highest BCUT2D eigenvalue weighted by molar-refractivity contribution is 5.78. The van der Waals surface area contributed by atoms with Crippen molar-refractivity contribution in [3.8, 4) is 5.75 Å². The number of carbonyl (C=O) groups excluding carboxylic acids is 1. The van der Waals surface area contributed by atoms with Crippen molar-refractivity contribution in [1.82, 2.24) is 10.2 Å². The van der Waals surface area contributed by atoms with Crippen molar-refractivity contribution in [2.75, 3.05) is 26.2 Å². The first-order valence-electron chi connectivity index (χ1n) is 7.08. The van der Waals surface area contributed by atoms with Crippen molar-refractivity contribution >= 4 is 5.91 Å². The highest BCUT2D eigenvalue weighted by Crippen LogP contribution is 2.33. The van der Waals surface area contributed by atoms with E-state index in [0.717, 1.165) is 18.7 Å². The molecule has 0 spiro atoms. The van der Waals surface area contributed by atoms with E-state index in [1.807, 2.05) is 18.7 Å². The van der Waals surface area contributed by atoms with Gasteiger partial charge in [0, 0.05) is 12.0 Å². The van der Waals surface area contributed by atoms with Crippen LogP contribution in [-0.2, 0) is 4.79 Å². The lowest BCUT2D eigenvalue weighted by atomic mass is 10.0. The van der Waals surface area contributed by atoms with E-state index in [1.165, 1.54) is 6.07 Å². The largest absolute Gasteiger partial charge is 0.490 e. The zero-order valence-corrected chi connectivity index (χ0v) is 12.0. The first-order valence-corrected chi connectivity index (χ1v) is 7.08. The van der Waals surface area contributed by atoms with E-state index < -0.39 is 0 Å². The number of likely N-dealkylation sites (N-methyl/N-ethyl adjacent to an activating group) is 1. The number of nitrogens with one attached hydrogen (secondary N) is 1. The Bertz CT molecular complexity index is 475. The van der Waals surface area contributed by atoms with Gasteiger partial charge in [-0.05, 0) is 19.2 Å². The Hall–Kier alpha value is -1.62. The van der Waals surface area contributed by atoms with Gasteiger partial charge in [-0.25, -0.2) is 4.39 Å². The molecule has 0 unspecified atom stereocenters. The molecule has 0 aromatic heterocycles. The van der Waals surface area contributed by atoms with Gasteiger partial charge >= 0.3 is 0 Å². The zero-order chi connectivity index (χ0) is 14.5. The summed E-state index contributed by atoms with van der Waals surface area (Å²) >= 11 is 0. The van der Waals surface area contributed by atoms with Crippen molar-refractivity contribution in [3.05, 3.63) is 29.6 Å². The molecular formula is C15H21FN2O2. The summed E-state index contributed by atoms with van der Waals surface area (Å²) in [6, 6.07) is 4.66. The van der Waals surface area contributed by atoms with Gasteiger partial charge in [-0.1, -0.05) is 26.0 Å². The Morgan fingerprint density at radius 3 is 2.90 bits per heavy atom. The van der Waals surface area contributed by atoms with E-state index in [1.54, 1.807) is 12.1 Å². The second kappa shape index (κ2) is 6.70. The molecule has 110 valence electrons. The number of halogens is 1. The number of hydrogen-bond acceptors (Lipinski definition) is 3. The minimum absolute atomic E-state index is 0.0317. The Labute approximate surface area is 118 Å². The first kappa shape index (κ1) is 14.8. The average Bonchev–Trinajstić information content (AvgIpc) is 2.46. The molecule has 1 heterocycles. The molecule has 0 saturated carbocycles. The predicted octanol–water partition coefficient (Wildman–Crippen LogP) is 2.11. The monoisotopic (exact) mass is 280 g/mol. The Balaban J connectivity index is 2.05. The number of hydrogen-bond donors (Lipinski definition) is 1. The minimum Gasteiger partial charge on any atom is -0.490 e. The SMILES string of the molecule is CCN(CC)CC(=O)N[C@H]1CCOc2c(F)cccc21. The van der Waals surface area contributed by atoms with Crippen LogP contribution < -0.4 is 10.1 Å². The lowest BCUT2D eigenvalue weighted by Gasteiger charge is -2.28. The molecule has 0 fully saturated rings. The molecule has 1 aromatic carbocycles. The number of para-hydroxylation sites is 1. The minimum atomic E-state index is -0.370. The maximum atomic E-state index is 13.7. The van der Waals surface area contributed by atoms with E-state index in [2.05, 4.69) is 5.32 Å². The second-order valence-electron chi connectivity index (χ2n) is 4.88. The standard InChI is InChI=1S/C15H21FN2O2/c1-3-18(4-2)10-14(19)17-13-8-9-20-15-11(13)6-5-7-12(15)16/h5-7,13H,3-4,8-10H2,1-2H3,(H,17,19)/t13-/m0/s1. The van der Waals surface area contributed by atoms with Crippen LogP contribution in [0.5, 0.6) is 5.75 Å². The topological polar surface area (TPSA) is 41.6 Å². The van der Waals surface area contributed by atoms with Crippen LogP contribution in [-0.4, -0.2) is 37.0 Å². The third-order valence-electron chi connectivity index (χ3n) is 3.62. The van der Waals surface area contributed by atoms with Gasteiger partial charge in [0.1, 0.15) is 0 Å². The third kappa shape index (κ3) is 3.28. The van der Waals surface area contributed by atoms with Crippen molar-refractivity contribution in [3.63, 3.8) is 0 Å². The normalized spacial score (nSPS) is 17.5. The summed E-state index contributed by atoms with van der Waals surface area (Å²) in [5.74, 6) is -0.132. The number of benzene rings is 1. The first-order chi connectivity index (χ1) is 9.65. The fraction of sp³-hybridized carbons (Fsp3) is 0.533. The van der Waals surface area contributed by atoms with Crippen molar-refractivity contribution in [2.45, 2.75) is 26.3 Å². The maximum absolute atomic E-state index is 13.7.